The fraction of sp³-hybridized carbons (Fsp3) is 0.138. The number of rotatable bonds is 7. The molecule has 4 aromatic carbocycles. The van der Waals surface area contributed by atoms with E-state index in [4.69, 9.17) is 14.6 Å². The van der Waals surface area contributed by atoms with Crippen molar-refractivity contribution in [3.8, 4) is 11.5 Å². The molecule has 4 aromatic rings. The molecule has 0 spiro atoms. The lowest BCUT2D eigenvalue weighted by atomic mass is 9.97. The van der Waals surface area contributed by atoms with Crippen LogP contribution < -0.4 is 9.47 Å². The Bertz CT molecular complexity index is 1390. The Balaban J connectivity index is 1.42. The number of nitrogens with zero attached hydrogens (tertiary/aromatic N) is 2. The normalized spacial score (nSPS) is 15.1. The highest BCUT2D eigenvalue weighted by Crippen LogP contribution is 2.34. The number of carbonyl (C=O) groups excluding carboxylic acids is 2. The summed E-state index contributed by atoms with van der Waals surface area (Å²) in [5.41, 5.74) is 3.35. The Morgan fingerprint density at radius 2 is 1.66 bits per heavy atom. The molecule has 1 amide bonds. The zero-order chi connectivity index (χ0) is 24.2. The highest BCUT2D eigenvalue weighted by molar-refractivity contribution is 6.05. The van der Waals surface area contributed by atoms with Gasteiger partial charge in [-0.2, -0.15) is 5.10 Å². The van der Waals surface area contributed by atoms with Crippen LogP contribution in [0.5, 0.6) is 11.5 Å². The molecule has 1 unspecified atom stereocenters. The van der Waals surface area contributed by atoms with Crippen LogP contribution in [0.2, 0.25) is 0 Å². The number of amides is 1. The zero-order valence-electron chi connectivity index (χ0n) is 19.3. The fourth-order valence-corrected chi connectivity index (χ4v) is 4.22. The van der Waals surface area contributed by atoms with E-state index in [1.54, 1.807) is 31.4 Å². The van der Waals surface area contributed by atoms with Crippen LogP contribution >= 0.6 is 0 Å². The summed E-state index contributed by atoms with van der Waals surface area (Å²) >= 11 is 0. The molecule has 1 aliphatic rings. The summed E-state index contributed by atoms with van der Waals surface area (Å²) in [6.07, 6.45) is 1.35. The van der Waals surface area contributed by atoms with E-state index in [0.29, 0.717) is 17.7 Å². The van der Waals surface area contributed by atoms with Crippen LogP contribution in [0.1, 0.15) is 33.9 Å². The van der Waals surface area contributed by atoms with Crippen molar-refractivity contribution in [1.29, 1.82) is 0 Å². The Morgan fingerprint density at radius 3 is 2.37 bits per heavy atom. The predicted molar refractivity (Wildman–Crippen MR) is 135 cm³/mol. The van der Waals surface area contributed by atoms with E-state index in [1.165, 1.54) is 5.01 Å². The van der Waals surface area contributed by atoms with Gasteiger partial charge in [-0.15, -0.1) is 0 Å². The van der Waals surface area contributed by atoms with Gasteiger partial charge in [0.15, 0.2) is 6.61 Å². The molecule has 1 heterocycles. The van der Waals surface area contributed by atoms with E-state index < -0.39 is 0 Å². The standard InChI is InChI=1S/C29H24N2O4/c1-34-25-14-10-22(11-15-25)28-17-27(24-9-8-21-4-2-3-5-23(21)16-24)30-31(28)29(33)19-35-26-12-6-20(18-32)7-13-26/h2-16,18,28H,17,19H2,1H3. The molecule has 0 N–H and O–H groups in total. The van der Waals surface area contributed by atoms with Gasteiger partial charge in [-0.1, -0.05) is 48.5 Å². The van der Waals surface area contributed by atoms with Crippen LogP contribution in [-0.4, -0.2) is 36.6 Å². The minimum absolute atomic E-state index is 0.165. The second-order valence-corrected chi connectivity index (χ2v) is 8.32. The third kappa shape index (κ3) is 4.77. The number of benzene rings is 4. The fourth-order valence-electron chi connectivity index (χ4n) is 4.22. The van der Waals surface area contributed by atoms with Crippen molar-refractivity contribution in [3.05, 3.63) is 108 Å². The maximum atomic E-state index is 13.3. The molecule has 0 saturated carbocycles. The van der Waals surface area contributed by atoms with Crippen molar-refractivity contribution in [2.45, 2.75) is 12.5 Å². The maximum Gasteiger partial charge on any atom is 0.281 e. The van der Waals surface area contributed by atoms with Gasteiger partial charge < -0.3 is 9.47 Å². The highest BCUT2D eigenvalue weighted by Gasteiger charge is 2.33. The van der Waals surface area contributed by atoms with Crippen molar-refractivity contribution in [3.63, 3.8) is 0 Å². The molecule has 0 aromatic heterocycles. The molecule has 0 aliphatic carbocycles. The summed E-state index contributed by atoms with van der Waals surface area (Å²) < 4.78 is 11.0. The summed E-state index contributed by atoms with van der Waals surface area (Å²) in [6, 6.07) is 28.5. The number of methoxy groups -OCH3 is 1. The molecule has 5 rings (SSSR count). The van der Waals surface area contributed by atoms with Gasteiger partial charge in [-0.05, 0) is 64.4 Å². The van der Waals surface area contributed by atoms with E-state index in [-0.39, 0.29) is 18.6 Å². The van der Waals surface area contributed by atoms with Crippen LogP contribution in [0.4, 0.5) is 0 Å². The van der Waals surface area contributed by atoms with Gasteiger partial charge in [0.25, 0.3) is 5.91 Å². The van der Waals surface area contributed by atoms with Gasteiger partial charge >= 0.3 is 0 Å². The van der Waals surface area contributed by atoms with Gasteiger partial charge in [-0.25, -0.2) is 5.01 Å². The average molecular weight is 465 g/mol. The molecule has 0 saturated heterocycles. The molecule has 174 valence electrons. The second-order valence-electron chi connectivity index (χ2n) is 8.32. The minimum atomic E-state index is -0.254. The van der Waals surface area contributed by atoms with E-state index in [1.807, 2.05) is 42.5 Å². The smallest absolute Gasteiger partial charge is 0.281 e. The third-order valence-electron chi connectivity index (χ3n) is 6.13. The van der Waals surface area contributed by atoms with Gasteiger partial charge in [0.05, 0.1) is 18.9 Å². The highest BCUT2D eigenvalue weighted by atomic mass is 16.5. The van der Waals surface area contributed by atoms with E-state index in [2.05, 4.69) is 24.3 Å². The topological polar surface area (TPSA) is 68.2 Å². The van der Waals surface area contributed by atoms with Crippen molar-refractivity contribution in [2.24, 2.45) is 5.10 Å². The molecule has 1 aliphatic heterocycles. The molecule has 35 heavy (non-hydrogen) atoms. The lowest BCUT2D eigenvalue weighted by molar-refractivity contribution is -0.135. The molecular formula is C29H24N2O4. The monoisotopic (exact) mass is 464 g/mol. The Morgan fingerprint density at radius 1 is 0.943 bits per heavy atom. The lowest BCUT2D eigenvalue weighted by Crippen LogP contribution is -2.31. The predicted octanol–water partition coefficient (Wildman–Crippen LogP) is 5.42. The first-order chi connectivity index (χ1) is 17.1. The molecule has 0 fully saturated rings. The Labute approximate surface area is 203 Å². The molecule has 6 heteroatoms. The molecular weight excluding hydrogens is 440 g/mol. The van der Waals surface area contributed by atoms with Crippen molar-refractivity contribution < 1.29 is 19.1 Å². The SMILES string of the molecule is COc1ccc(C2CC(c3ccc4ccccc4c3)=NN2C(=O)COc2ccc(C=O)cc2)cc1. The summed E-state index contributed by atoms with van der Waals surface area (Å²) in [6.45, 7) is -0.165. The number of aldehydes is 1. The minimum Gasteiger partial charge on any atom is -0.497 e. The molecule has 1 atom stereocenters. The van der Waals surface area contributed by atoms with Gasteiger partial charge in [0.2, 0.25) is 0 Å². The number of fused-ring (bicyclic) bond motifs is 1. The van der Waals surface area contributed by atoms with E-state index in [9.17, 15) is 9.59 Å². The first-order valence-corrected chi connectivity index (χ1v) is 11.4. The van der Waals surface area contributed by atoms with E-state index >= 15 is 0 Å². The van der Waals surface area contributed by atoms with Gasteiger partial charge in [0.1, 0.15) is 17.8 Å². The summed E-state index contributed by atoms with van der Waals surface area (Å²) in [5, 5.41) is 8.55. The number of hydrazone groups is 1. The first kappa shape index (κ1) is 22.3. The first-order valence-electron chi connectivity index (χ1n) is 11.4. The molecule has 6 nitrogen and oxygen atoms in total. The molecule has 0 bridgehead atoms. The van der Waals surface area contributed by atoms with Crippen LogP contribution in [0, 0.1) is 0 Å². The number of hydrogen-bond acceptors (Lipinski definition) is 5. The third-order valence-corrected chi connectivity index (χ3v) is 6.13. The summed E-state index contributed by atoms with van der Waals surface area (Å²) in [4.78, 5) is 24.1. The van der Waals surface area contributed by atoms with Crippen LogP contribution in [0.15, 0.2) is 96.1 Å². The quantitative estimate of drug-likeness (QED) is 0.343. The number of ether oxygens (including phenoxy) is 2. The number of hydrogen-bond donors (Lipinski definition) is 0. The zero-order valence-corrected chi connectivity index (χ0v) is 19.3. The van der Waals surface area contributed by atoms with Crippen LogP contribution in [0.25, 0.3) is 10.8 Å². The van der Waals surface area contributed by atoms with Gasteiger partial charge in [-0.3, -0.25) is 9.59 Å². The van der Waals surface area contributed by atoms with Crippen molar-refractivity contribution in [1.82, 2.24) is 5.01 Å². The Hall–Kier alpha value is -4.45. The largest absolute Gasteiger partial charge is 0.497 e. The Kier molecular flexibility index (Phi) is 6.26. The van der Waals surface area contributed by atoms with Crippen molar-refractivity contribution in [2.75, 3.05) is 13.7 Å². The van der Waals surface area contributed by atoms with Gasteiger partial charge in [0, 0.05) is 12.0 Å². The van der Waals surface area contributed by atoms with Crippen molar-refractivity contribution >= 4 is 28.7 Å². The van der Waals surface area contributed by atoms with Crippen LogP contribution in [0.3, 0.4) is 0 Å². The second kappa shape index (κ2) is 9.81. The summed E-state index contributed by atoms with van der Waals surface area (Å²) in [7, 11) is 1.63. The van der Waals surface area contributed by atoms with Crippen LogP contribution in [-0.2, 0) is 4.79 Å². The summed E-state index contributed by atoms with van der Waals surface area (Å²) in [5.74, 6) is 1.02. The maximum absolute atomic E-state index is 13.3. The van der Waals surface area contributed by atoms with E-state index in [0.717, 1.165) is 39.6 Å². The lowest BCUT2D eigenvalue weighted by Gasteiger charge is -2.22. The number of carbonyl (C=O) groups is 2. The molecule has 0 radical (unpaired) electrons. The average Bonchev–Trinajstić information content (AvgIpc) is 3.37.